The fourth-order valence-electron chi connectivity index (χ4n) is 1.95. The van der Waals surface area contributed by atoms with Crippen molar-refractivity contribution in [3.8, 4) is 0 Å². The van der Waals surface area contributed by atoms with Crippen molar-refractivity contribution in [2.24, 2.45) is 0 Å². The van der Waals surface area contributed by atoms with Gasteiger partial charge in [-0.25, -0.2) is 0 Å². The number of aliphatic hydroxyl groups excluding tert-OH is 2. The smallest absolute Gasteiger partial charge is 0.0617 e. The molecule has 3 N–H and O–H groups in total. The summed E-state index contributed by atoms with van der Waals surface area (Å²) in [6.45, 7) is 4.58. The lowest BCUT2D eigenvalue weighted by atomic mass is 10.2. The summed E-state index contributed by atoms with van der Waals surface area (Å²) in [6, 6.07) is 3.64. The number of benzene rings is 1. The molecule has 0 aliphatic rings. The average molecular weight is 321 g/mol. The molecule has 0 bridgehead atoms. The Labute approximate surface area is 130 Å². The summed E-state index contributed by atoms with van der Waals surface area (Å²) in [4.78, 5) is 2.14. The van der Waals surface area contributed by atoms with Gasteiger partial charge < -0.3 is 20.4 Å². The molecule has 6 heteroatoms. The predicted molar refractivity (Wildman–Crippen MR) is 86.2 cm³/mol. The van der Waals surface area contributed by atoms with E-state index in [9.17, 15) is 0 Å². The molecule has 0 heterocycles. The normalized spacial score (nSPS) is 10.7. The van der Waals surface area contributed by atoms with Crippen LogP contribution in [0.1, 0.15) is 19.8 Å². The largest absolute Gasteiger partial charge is 0.396 e. The molecule has 0 aliphatic carbocycles. The molecule has 1 aromatic rings. The van der Waals surface area contributed by atoms with Gasteiger partial charge in [-0.2, -0.15) is 0 Å². The lowest BCUT2D eigenvalue weighted by Crippen LogP contribution is -2.25. The first-order valence-corrected chi connectivity index (χ1v) is 7.59. The summed E-state index contributed by atoms with van der Waals surface area (Å²) in [5.74, 6) is 0. The highest BCUT2D eigenvalue weighted by Gasteiger charge is 2.13. The zero-order valence-electron chi connectivity index (χ0n) is 11.7. The van der Waals surface area contributed by atoms with Crippen LogP contribution in [-0.2, 0) is 0 Å². The molecule has 1 aromatic carbocycles. The number of hydrogen-bond acceptors (Lipinski definition) is 4. The summed E-state index contributed by atoms with van der Waals surface area (Å²) >= 11 is 12.2. The highest BCUT2D eigenvalue weighted by atomic mass is 35.5. The van der Waals surface area contributed by atoms with Gasteiger partial charge in [-0.05, 0) is 31.9 Å². The van der Waals surface area contributed by atoms with E-state index >= 15 is 0 Å². The maximum atomic E-state index is 8.98. The van der Waals surface area contributed by atoms with E-state index in [1.165, 1.54) is 0 Å². The molecular weight excluding hydrogens is 299 g/mol. The second-order valence-corrected chi connectivity index (χ2v) is 5.26. The first-order valence-electron chi connectivity index (χ1n) is 6.83. The predicted octanol–water partition coefficient (Wildman–Crippen LogP) is 3.00. The Balaban J connectivity index is 2.97. The first kappa shape index (κ1) is 17.4. The van der Waals surface area contributed by atoms with Crippen LogP contribution < -0.4 is 10.2 Å². The van der Waals surface area contributed by atoms with Crippen molar-refractivity contribution in [1.82, 2.24) is 0 Å². The molecule has 0 atom stereocenters. The van der Waals surface area contributed by atoms with Crippen molar-refractivity contribution in [3.63, 3.8) is 0 Å². The van der Waals surface area contributed by atoms with Crippen LogP contribution in [0.25, 0.3) is 0 Å². The highest BCUT2D eigenvalue weighted by molar-refractivity contribution is 6.42. The molecule has 20 heavy (non-hydrogen) atoms. The van der Waals surface area contributed by atoms with E-state index in [0.717, 1.165) is 24.5 Å². The SMILES string of the molecule is CCN(CCCO)c1cc(Cl)c(Cl)cc1NCCCO. The standard InChI is InChI=1S/C14H22Cl2N2O2/c1-2-18(6-4-8-20)14-10-12(16)11(15)9-13(14)17-5-3-7-19/h9-10,17,19-20H,2-8H2,1H3. The molecule has 4 nitrogen and oxygen atoms in total. The Hall–Kier alpha value is -0.680. The van der Waals surface area contributed by atoms with Gasteiger partial charge in [-0.3, -0.25) is 0 Å². The molecule has 0 fully saturated rings. The van der Waals surface area contributed by atoms with E-state index in [4.69, 9.17) is 33.4 Å². The zero-order chi connectivity index (χ0) is 15.0. The van der Waals surface area contributed by atoms with Crippen molar-refractivity contribution in [2.45, 2.75) is 19.8 Å². The van der Waals surface area contributed by atoms with E-state index < -0.39 is 0 Å². The van der Waals surface area contributed by atoms with Crippen LogP contribution in [0.3, 0.4) is 0 Å². The Kier molecular flexibility index (Phi) is 8.07. The third kappa shape index (κ3) is 5.02. The number of rotatable bonds is 9. The van der Waals surface area contributed by atoms with Gasteiger partial charge in [0.25, 0.3) is 0 Å². The van der Waals surface area contributed by atoms with E-state index in [2.05, 4.69) is 17.1 Å². The topological polar surface area (TPSA) is 55.7 Å². The van der Waals surface area contributed by atoms with Gasteiger partial charge in [0.15, 0.2) is 0 Å². The fourth-order valence-corrected chi connectivity index (χ4v) is 2.27. The van der Waals surface area contributed by atoms with E-state index in [1.807, 2.05) is 6.07 Å². The second kappa shape index (κ2) is 9.29. The quantitative estimate of drug-likeness (QED) is 0.612. The van der Waals surface area contributed by atoms with Crippen molar-refractivity contribution < 1.29 is 10.2 Å². The molecule has 0 aromatic heterocycles. The first-order chi connectivity index (χ1) is 9.63. The molecule has 0 amide bonds. The zero-order valence-corrected chi connectivity index (χ0v) is 13.2. The van der Waals surface area contributed by atoms with Crippen LogP contribution >= 0.6 is 23.2 Å². The van der Waals surface area contributed by atoms with Crippen LogP contribution in [0.2, 0.25) is 10.0 Å². The Bertz CT molecular complexity index is 416. The third-order valence-electron chi connectivity index (χ3n) is 3.00. The van der Waals surface area contributed by atoms with Crippen molar-refractivity contribution in [3.05, 3.63) is 22.2 Å². The van der Waals surface area contributed by atoms with E-state index in [0.29, 0.717) is 29.4 Å². The maximum absolute atomic E-state index is 8.98. The van der Waals surface area contributed by atoms with Crippen molar-refractivity contribution >= 4 is 34.6 Å². The number of hydrogen-bond donors (Lipinski definition) is 3. The summed E-state index contributed by atoms with van der Waals surface area (Å²) in [5.41, 5.74) is 1.86. The Morgan fingerprint density at radius 3 is 2.35 bits per heavy atom. The van der Waals surface area contributed by atoms with Gasteiger partial charge >= 0.3 is 0 Å². The van der Waals surface area contributed by atoms with Crippen molar-refractivity contribution in [1.29, 1.82) is 0 Å². The number of nitrogens with zero attached hydrogens (tertiary/aromatic N) is 1. The van der Waals surface area contributed by atoms with Crippen LogP contribution in [0.4, 0.5) is 11.4 Å². The van der Waals surface area contributed by atoms with Crippen LogP contribution in [-0.4, -0.2) is 43.1 Å². The van der Waals surface area contributed by atoms with Gasteiger partial charge in [-0.15, -0.1) is 0 Å². The molecular formula is C14H22Cl2N2O2. The second-order valence-electron chi connectivity index (χ2n) is 4.44. The lowest BCUT2D eigenvalue weighted by molar-refractivity contribution is 0.289. The molecule has 0 radical (unpaired) electrons. The monoisotopic (exact) mass is 320 g/mol. The number of aliphatic hydroxyl groups is 2. The average Bonchev–Trinajstić information content (AvgIpc) is 2.44. The van der Waals surface area contributed by atoms with Gasteiger partial charge in [0, 0.05) is 32.8 Å². The Morgan fingerprint density at radius 2 is 1.75 bits per heavy atom. The summed E-state index contributed by atoms with van der Waals surface area (Å²) in [6.07, 6.45) is 1.37. The molecule has 0 saturated heterocycles. The van der Waals surface area contributed by atoms with Crippen LogP contribution in [0.5, 0.6) is 0 Å². The summed E-state index contributed by atoms with van der Waals surface area (Å²) < 4.78 is 0. The third-order valence-corrected chi connectivity index (χ3v) is 3.72. The van der Waals surface area contributed by atoms with Gasteiger partial charge in [0.05, 0.1) is 21.4 Å². The number of halogens is 2. The molecule has 0 saturated carbocycles. The lowest BCUT2D eigenvalue weighted by Gasteiger charge is -2.26. The molecule has 0 unspecified atom stereocenters. The Morgan fingerprint density at radius 1 is 1.10 bits per heavy atom. The number of anilines is 2. The summed E-state index contributed by atoms with van der Waals surface area (Å²) in [5, 5.41) is 22.1. The van der Waals surface area contributed by atoms with Crippen LogP contribution in [0.15, 0.2) is 12.1 Å². The minimum Gasteiger partial charge on any atom is -0.396 e. The minimum atomic E-state index is 0.145. The molecule has 0 aliphatic heterocycles. The van der Waals surface area contributed by atoms with Crippen molar-refractivity contribution in [2.75, 3.05) is 43.1 Å². The van der Waals surface area contributed by atoms with E-state index in [1.54, 1.807) is 6.07 Å². The molecule has 0 spiro atoms. The van der Waals surface area contributed by atoms with E-state index in [-0.39, 0.29) is 13.2 Å². The summed E-state index contributed by atoms with van der Waals surface area (Å²) in [7, 11) is 0. The maximum Gasteiger partial charge on any atom is 0.0617 e. The highest BCUT2D eigenvalue weighted by Crippen LogP contribution is 2.35. The van der Waals surface area contributed by atoms with Gasteiger partial charge in [0.1, 0.15) is 0 Å². The van der Waals surface area contributed by atoms with Crippen LogP contribution in [0, 0.1) is 0 Å². The molecule has 1 rings (SSSR count). The van der Waals surface area contributed by atoms with Gasteiger partial charge in [0.2, 0.25) is 0 Å². The minimum absolute atomic E-state index is 0.145. The number of nitrogens with one attached hydrogen (secondary N) is 1. The fraction of sp³-hybridized carbons (Fsp3) is 0.571. The van der Waals surface area contributed by atoms with Gasteiger partial charge in [-0.1, -0.05) is 23.2 Å². The molecule has 114 valence electrons.